The molecule has 0 aliphatic heterocycles. The lowest BCUT2D eigenvalue weighted by atomic mass is 10.1. The summed E-state index contributed by atoms with van der Waals surface area (Å²) in [5.41, 5.74) is -5.17. The molecular weight excluding hydrogens is 1140 g/mol. The number of aromatic carboxylic acids is 2. The van der Waals surface area contributed by atoms with Crippen LogP contribution in [-0.4, -0.2) is 94.0 Å². The van der Waals surface area contributed by atoms with Gasteiger partial charge in [-0.05, 0) is 94.7 Å². The zero-order valence-corrected chi connectivity index (χ0v) is 42.8. The fourth-order valence-corrected chi connectivity index (χ4v) is 10.3. The Morgan fingerprint density at radius 1 is 0.438 bits per heavy atom. The molecule has 8 aromatic carbocycles. The van der Waals surface area contributed by atoms with Crippen molar-refractivity contribution in [3.63, 3.8) is 0 Å². The van der Waals surface area contributed by atoms with Gasteiger partial charge in [0, 0.05) is 45.3 Å². The Hall–Kier alpha value is -9.80. The molecule has 0 radical (unpaired) electrons. The van der Waals surface area contributed by atoms with Gasteiger partial charge in [-0.1, -0.05) is 58.3 Å². The Labute approximate surface area is 449 Å². The number of phenolic OH excluding ortho intramolecular Hbond substituents is 2. The number of fused-ring (bicyclic) bond motifs is 2. The third-order valence-corrected chi connectivity index (χ3v) is 14.8. The molecule has 408 valence electrons. The van der Waals surface area contributed by atoms with Crippen molar-refractivity contribution in [2.24, 2.45) is 30.7 Å². The first-order chi connectivity index (χ1) is 37.5. The predicted octanol–water partition coefficient (Wildman–Crippen LogP) is 10.6. The molecule has 80 heavy (non-hydrogen) atoms. The van der Waals surface area contributed by atoms with Crippen LogP contribution in [0.1, 0.15) is 31.8 Å². The van der Waals surface area contributed by atoms with E-state index in [1.807, 2.05) is 0 Å². The summed E-state index contributed by atoms with van der Waals surface area (Å²) in [5, 5.41) is 90.2. The first-order valence-corrected chi connectivity index (χ1v) is 27.6. The maximum Gasteiger partial charge on any atom is 0.337 e. The zero-order chi connectivity index (χ0) is 58.2. The summed E-state index contributed by atoms with van der Waals surface area (Å²) >= 11 is 0. The number of carboxylic acids is 2. The molecule has 0 saturated heterocycles. The van der Waals surface area contributed by atoms with Crippen molar-refractivity contribution in [3.8, 4) is 11.5 Å². The molecule has 0 atom stereocenters. The molecule has 0 heterocycles. The second-order valence-corrected chi connectivity index (χ2v) is 22.0. The standard InChI is InChI=1S/C48H32N8O20S4/c57-45-35-21-29(15-11-27(35)19-41(79(71,72)73)43(45)51-49-37-7-3-1-5-33(37)47(59)60)53-55(63)31-17-13-25(39(23-31)77(65,66)67)9-10-26-14-18-32(24-40(26)78(68,69)70)56(64)54-30-16-12-28-20-42(80(74,75)76)44(46(58)36(28)22-30)52-50-38-8-4-2-6-34(38)48(61)62/h1-24,57-58H,(H,59,60)(H,61,62)(H,65,66,67)(H,68,69,70)(H,71,72,73)(H,74,75,76). The van der Waals surface area contributed by atoms with Crippen LogP contribution in [0.15, 0.2) is 184 Å². The monoisotopic (exact) mass is 1170 g/mol. The topological polar surface area (TPSA) is 459 Å². The number of nitrogens with zero attached hydrogens (tertiary/aromatic N) is 8. The second-order valence-electron chi connectivity index (χ2n) is 16.4. The number of carboxylic acid groups (broad SMARTS) is 2. The number of hydrogen-bond donors (Lipinski definition) is 8. The van der Waals surface area contributed by atoms with E-state index in [2.05, 4.69) is 30.7 Å². The number of azo groups is 4. The van der Waals surface area contributed by atoms with Crippen LogP contribution >= 0.6 is 0 Å². The van der Waals surface area contributed by atoms with E-state index < -0.39 is 106 Å². The van der Waals surface area contributed by atoms with E-state index in [1.54, 1.807) is 0 Å². The summed E-state index contributed by atoms with van der Waals surface area (Å²) in [6.45, 7) is 0. The number of carbonyl (C=O) groups is 2. The molecule has 0 fully saturated rings. The lowest BCUT2D eigenvalue weighted by Gasteiger charge is -2.10. The maximum absolute atomic E-state index is 13.4. The van der Waals surface area contributed by atoms with Crippen molar-refractivity contribution in [2.75, 3.05) is 0 Å². The van der Waals surface area contributed by atoms with Gasteiger partial charge in [0.1, 0.15) is 53.7 Å². The molecule has 0 spiro atoms. The normalized spacial score (nSPS) is 13.1. The maximum atomic E-state index is 13.4. The van der Waals surface area contributed by atoms with Gasteiger partial charge >= 0.3 is 11.9 Å². The van der Waals surface area contributed by atoms with Crippen LogP contribution in [0.2, 0.25) is 0 Å². The molecule has 0 aromatic heterocycles. The summed E-state index contributed by atoms with van der Waals surface area (Å²) in [4.78, 5) is 19.4. The van der Waals surface area contributed by atoms with Gasteiger partial charge in [0.15, 0.2) is 11.5 Å². The summed E-state index contributed by atoms with van der Waals surface area (Å²) in [5.74, 6) is -4.65. The van der Waals surface area contributed by atoms with E-state index in [0.29, 0.717) is 12.1 Å². The molecule has 8 rings (SSSR count). The van der Waals surface area contributed by atoms with Crippen molar-refractivity contribution in [1.82, 2.24) is 0 Å². The van der Waals surface area contributed by atoms with Gasteiger partial charge < -0.3 is 30.8 Å². The zero-order valence-electron chi connectivity index (χ0n) is 39.5. The lowest BCUT2D eigenvalue weighted by Crippen LogP contribution is -2.03. The summed E-state index contributed by atoms with van der Waals surface area (Å²) in [6.07, 6.45) is 1.91. The summed E-state index contributed by atoms with van der Waals surface area (Å²) in [6, 6.07) is 24.3. The van der Waals surface area contributed by atoms with E-state index in [-0.39, 0.29) is 76.3 Å². The first-order valence-electron chi connectivity index (χ1n) is 21.8. The fourth-order valence-electron chi connectivity index (χ4n) is 7.57. The average molecular weight is 1170 g/mol. The molecule has 0 amide bonds. The number of aromatic hydroxyl groups is 2. The van der Waals surface area contributed by atoms with Gasteiger partial charge in [0.05, 0.1) is 11.1 Å². The van der Waals surface area contributed by atoms with E-state index in [0.717, 1.165) is 72.8 Å². The molecule has 0 bridgehead atoms. The van der Waals surface area contributed by atoms with E-state index in [1.165, 1.54) is 60.7 Å². The van der Waals surface area contributed by atoms with Gasteiger partial charge in [-0.3, -0.25) is 18.2 Å². The minimum Gasteiger partial charge on any atom is -0.594 e. The van der Waals surface area contributed by atoms with Crippen molar-refractivity contribution in [2.45, 2.75) is 19.6 Å². The highest BCUT2D eigenvalue weighted by Gasteiger charge is 2.26. The second kappa shape index (κ2) is 21.6. The van der Waals surface area contributed by atoms with Crippen LogP contribution in [0.4, 0.5) is 45.5 Å². The van der Waals surface area contributed by atoms with Gasteiger partial charge in [-0.15, -0.1) is 20.5 Å². The minimum atomic E-state index is -5.21. The Balaban J connectivity index is 1.10. The van der Waals surface area contributed by atoms with Gasteiger partial charge in [-0.25, -0.2) is 9.59 Å². The minimum absolute atomic E-state index is 0.0409. The van der Waals surface area contributed by atoms with Gasteiger partial charge in [0.25, 0.3) is 40.5 Å². The van der Waals surface area contributed by atoms with E-state index >= 15 is 0 Å². The molecule has 8 N–H and O–H groups in total. The highest BCUT2D eigenvalue weighted by molar-refractivity contribution is 7.86. The van der Waals surface area contributed by atoms with Gasteiger partial charge in [0.2, 0.25) is 11.4 Å². The van der Waals surface area contributed by atoms with Crippen molar-refractivity contribution >= 4 is 132 Å². The quantitative estimate of drug-likeness (QED) is 0.0146. The highest BCUT2D eigenvalue weighted by Crippen LogP contribution is 2.45. The molecule has 0 aliphatic rings. The van der Waals surface area contributed by atoms with E-state index in [4.69, 9.17) is 0 Å². The predicted molar refractivity (Wildman–Crippen MR) is 278 cm³/mol. The van der Waals surface area contributed by atoms with Crippen molar-refractivity contribution in [1.29, 1.82) is 0 Å². The number of rotatable bonds is 16. The smallest absolute Gasteiger partial charge is 0.337 e. The third kappa shape index (κ3) is 12.2. The number of hydrogen-bond acceptors (Lipinski definition) is 20. The highest BCUT2D eigenvalue weighted by atomic mass is 32.2. The molecular formula is C48H32N8O20S4. The molecule has 8 aromatic rings. The number of benzene rings is 8. The average Bonchev–Trinajstić information content (AvgIpc) is 3.45. The van der Waals surface area contributed by atoms with Crippen LogP contribution in [0.5, 0.6) is 11.5 Å². The lowest BCUT2D eigenvalue weighted by molar-refractivity contribution is -0.435. The Morgan fingerprint density at radius 2 is 0.787 bits per heavy atom. The molecule has 28 nitrogen and oxygen atoms in total. The van der Waals surface area contributed by atoms with Crippen LogP contribution in [-0.2, 0) is 40.5 Å². The van der Waals surface area contributed by atoms with Crippen LogP contribution < -0.4 is 0 Å². The fraction of sp³-hybridized carbons (Fsp3) is 0. The largest absolute Gasteiger partial charge is 0.594 e. The Kier molecular flexibility index (Phi) is 15.2. The first kappa shape index (κ1) is 56.4. The van der Waals surface area contributed by atoms with Gasteiger partial charge in [-0.2, -0.15) is 33.7 Å². The number of phenols is 2. The molecule has 0 unspecified atom stereocenters. The summed E-state index contributed by atoms with van der Waals surface area (Å²) < 4.78 is 140. The Morgan fingerprint density at radius 3 is 1.12 bits per heavy atom. The van der Waals surface area contributed by atoms with Crippen molar-refractivity contribution < 1.29 is 91.6 Å². The van der Waals surface area contributed by atoms with E-state index in [9.17, 15) is 92.3 Å². The third-order valence-electron chi connectivity index (χ3n) is 11.3. The molecule has 32 heteroatoms. The van der Waals surface area contributed by atoms with Crippen LogP contribution in [0.3, 0.4) is 0 Å². The van der Waals surface area contributed by atoms with Crippen LogP contribution in [0.25, 0.3) is 33.7 Å². The summed E-state index contributed by atoms with van der Waals surface area (Å²) in [7, 11) is -20.6. The molecule has 0 aliphatic carbocycles. The van der Waals surface area contributed by atoms with Crippen molar-refractivity contribution in [3.05, 3.63) is 166 Å². The van der Waals surface area contributed by atoms with Crippen LogP contribution in [0, 0.1) is 10.4 Å². The SMILES string of the molecule is O=C(O)c1ccccc1N=Nc1c(S(=O)(=O)O)cc2ccc(N=[N+]([O-])c3ccc(C=Cc4ccc([N+]([O-])=Nc5ccc6cc(S(=O)(=O)O)c(N=Nc7ccccc7C(=O)O)c(O)c6c5)cc4S(=O)(=O)O)c(S(=O)(=O)O)c3)cc2c1O. The molecule has 0 saturated carbocycles. The Bertz CT molecular complexity index is 4320.